The third-order valence-corrected chi connectivity index (χ3v) is 2.80. The summed E-state index contributed by atoms with van der Waals surface area (Å²) >= 11 is 4.73. The first-order chi connectivity index (χ1) is 5.09. The Bertz CT molecular complexity index is 194. The highest BCUT2D eigenvalue weighted by atomic mass is 32.1. The van der Waals surface area contributed by atoms with Gasteiger partial charge in [-0.2, -0.15) is 0 Å². The summed E-state index contributed by atoms with van der Waals surface area (Å²) < 4.78 is 0. The maximum absolute atomic E-state index is 10.4. The van der Waals surface area contributed by atoms with Gasteiger partial charge in [-0.15, -0.1) is 0 Å². The zero-order chi connectivity index (χ0) is 8.48. The van der Waals surface area contributed by atoms with Crippen molar-refractivity contribution >= 4 is 23.1 Å². The van der Waals surface area contributed by atoms with Gasteiger partial charge in [0, 0.05) is 0 Å². The van der Waals surface area contributed by atoms with Gasteiger partial charge in [0.05, 0.1) is 0 Å². The van der Waals surface area contributed by atoms with Crippen LogP contribution >= 0.6 is 12.2 Å². The van der Waals surface area contributed by atoms with Crippen molar-refractivity contribution in [2.75, 3.05) is 0 Å². The quantitative estimate of drug-likeness (QED) is 0.659. The summed E-state index contributed by atoms with van der Waals surface area (Å²) in [6.07, 6.45) is 3.96. The molecule has 0 atom stereocenters. The van der Waals surface area contributed by atoms with Crippen molar-refractivity contribution in [3.8, 4) is 0 Å². The molecule has 3 heteroatoms. The van der Waals surface area contributed by atoms with Crippen LogP contribution in [0.15, 0.2) is 0 Å². The number of carboxylic acids is 1. The zero-order valence-electron chi connectivity index (χ0n) is 6.59. The number of hydrogen-bond donors (Lipinski definition) is 1. The molecule has 1 aliphatic carbocycles. The minimum Gasteiger partial charge on any atom is -0.477 e. The Balaban J connectivity index is 2.42. The van der Waals surface area contributed by atoms with E-state index in [1.807, 2.05) is 0 Å². The Morgan fingerprint density at radius 3 is 2.45 bits per heavy atom. The fourth-order valence-corrected chi connectivity index (χ4v) is 1.55. The number of rotatable bonds is 4. The van der Waals surface area contributed by atoms with E-state index in [4.69, 9.17) is 17.3 Å². The molecule has 0 spiro atoms. The Hall–Kier alpha value is -0.440. The summed E-state index contributed by atoms with van der Waals surface area (Å²) in [5.41, 5.74) is 0.273. The van der Waals surface area contributed by atoms with Gasteiger partial charge >= 0.3 is 5.97 Å². The number of thiocarbonyl (C=S) groups is 1. The summed E-state index contributed by atoms with van der Waals surface area (Å²) in [6.45, 7) is 2.09. The lowest BCUT2D eigenvalue weighted by atomic mass is 9.97. The van der Waals surface area contributed by atoms with Crippen LogP contribution in [0.2, 0.25) is 0 Å². The van der Waals surface area contributed by atoms with Gasteiger partial charge in [0.1, 0.15) is 4.86 Å². The van der Waals surface area contributed by atoms with Crippen molar-refractivity contribution in [2.45, 2.75) is 32.6 Å². The Labute approximate surface area is 71.6 Å². The summed E-state index contributed by atoms with van der Waals surface area (Å²) in [4.78, 5) is 10.6. The molecule has 11 heavy (non-hydrogen) atoms. The smallest absolute Gasteiger partial charge is 0.342 e. The van der Waals surface area contributed by atoms with Gasteiger partial charge in [0.25, 0.3) is 0 Å². The molecule has 0 bridgehead atoms. The average molecular weight is 172 g/mol. The summed E-state index contributed by atoms with van der Waals surface area (Å²) in [5.74, 6) is -0.917. The first-order valence-corrected chi connectivity index (χ1v) is 4.26. The van der Waals surface area contributed by atoms with Crippen LogP contribution in [-0.4, -0.2) is 15.9 Å². The minimum absolute atomic E-state index is 0.198. The SMILES string of the molecule is CCC1(CC(=S)C(=O)O)CC1. The fraction of sp³-hybridized carbons (Fsp3) is 0.750. The van der Waals surface area contributed by atoms with E-state index in [9.17, 15) is 4.79 Å². The number of carboxylic acid groups (broad SMARTS) is 1. The first kappa shape index (κ1) is 8.65. The Morgan fingerprint density at radius 1 is 1.64 bits per heavy atom. The number of carbonyl (C=O) groups is 1. The molecule has 0 aromatic carbocycles. The maximum atomic E-state index is 10.4. The van der Waals surface area contributed by atoms with Crippen molar-refractivity contribution < 1.29 is 9.90 Å². The molecule has 0 aliphatic heterocycles. The second kappa shape index (κ2) is 2.89. The molecular weight excluding hydrogens is 160 g/mol. The second-order valence-corrected chi connectivity index (χ2v) is 3.75. The van der Waals surface area contributed by atoms with Crippen LogP contribution < -0.4 is 0 Å². The van der Waals surface area contributed by atoms with Crippen LogP contribution in [0.4, 0.5) is 0 Å². The predicted molar refractivity (Wildman–Crippen MR) is 46.8 cm³/mol. The van der Waals surface area contributed by atoms with Gasteiger partial charge in [0.2, 0.25) is 0 Å². The molecule has 0 amide bonds. The minimum atomic E-state index is -0.917. The van der Waals surface area contributed by atoms with Crippen LogP contribution in [0.25, 0.3) is 0 Å². The molecule has 0 heterocycles. The molecule has 62 valence electrons. The largest absolute Gasteiger partial charge is 0.477 e. The van der Waals surface area contributed by atoms with E-state index in [1.165, 1.54) is 0 Å². The van der Waals surface area contributed by atoms with Crippen molar-refractivity contribution in [3.63, 3.8) is 0 Å². The normalized spacial score (nSPS) is 19.4. The van der Waals surface area contributed by atoms with Gasteiger partial charge in [-0.1, -0.05) is 25.6 Å². The van der Waals surface area contributed by atoms with Gasteiger partial charge in [-0.05, 0) is 24.7 Å². The topological polar surface area (TPSA) is 37.3 Å². The molecule has 0 aromatic heterocycles. The summed E-state index contributed by atoms with van der Waals surface area (Å²) in [5, 5.41) is 8.53. The molecule has 1 aliphatic rings. The third kappa shape index (κ3) is 1.99. The molecule has 1 rings (SSSR count). The molecule has 1 fully saturated rings. The van der Waals surface area contributed by atoms with Gasteiger partial charge in [-0.25, -0.2) is 4.79 Å². The molecular formula is C8H12O2S. The monoisotopic (exact) mass is 172 g/mol. The first-order valence-electron chi connectivity index (χ1n) is 3.86. The van der Waals surface area contributed by atoms with E-state index in [-0.39, 0.29) is 10.3 Å². The van der Waals surface area contributed by atoms with Crippen LogP contribution in [-0.2, 0) is 4.79 Å². The van der Waals surface area contributed by atoms with Crippen molar-refractivity contribution in [3.05, 3.63) is 0 Å². The van der Waals surface area contributed by atoms with E-state index in [1.54, 1.807) is 0 Å². The van der Waals surface area contributed by atoms with E-state index in [0.717, 1.165) is 19.3 Å². The Kier molecular flexibility index (Phi) is 2.28. The molecule has 0 saturated heterocycles. The number of hydrogen-bond acceptors (Lipinski definition) is 2. The molecule has 1 N–H and O–H groups in total. The van der Waals surface area contributed by atoms with Gasteiger partial charge < -0.3 is 5.11 Å². The standard InChI is InChI=1S/C8H12O2S/c1-2-8(3-4-8)5-6(11)7(9)10/h2-5H2,1H3,(H,9,10). The molecule has 0 aromatic rings. The van der Waals surface area contributed by atoms with E-state index >= 15 is 0 Å². The lowest BCUT2D eigenvalue weighted by molar-refractivity contribution is -0.129. The second-order valence-electron chi connectivity index (χ2n) is 3.26. The number of aliphatic carboxylic acids is 1. The van der Waals surface area contributed by atoms with Crippen LogP contribution in [0.5, 0.6) is 0 Å². The van der Waals surface area contributed by atoms with Gasteiger partial charge in [-0.3, -0.25) is 0 Å². The molecule has 0 radical (unpaired) electrons. The lowest BCUT2D eigenvalue weighted by Crippen LogP contribution is -2.15. The lowest BCUT2D eigenvalue weighted by Gasteiger charge is -2.09. The molecule has 2 nitrogen and oxygen atoms in total. The molecule has 1 saturated carbocycles. The van der Waals surface area contributed by atoms with Gasteiger partial charge in [0.15, 0.2) is 0 Å². The highest BCUT2D eigenvalue weighted by molar-refractivity contribution is 7.82. The van der Waals surface area contributed by atoms with Crippen LogP contribution in [0.1, 0.15) is 32.6 Å². The van der Waals surface area contributed by atoms with E-state index in [0.29, 0.717) is 6.42 Å². The highest BCUT2D eigenvalue weighted by Gasteiger charge is 2.42. The zero-order valence-corrected chi connectivity index (χ0v) is 7.41. The van der Waals surface area contributed by atoms with Crippen molar-refractivity contribution in [1.82, 2.24) is 0 Å². The molecule has 0 unspecified atom stereocenters. The summed E-state index contributed by atoms with van der Waals surface area (Å²) in [7, 11) is 0. The average Bonchev–Trinajstić information content (AvgIpc) is 2.69. The maximum Gasteiger partial charge on any atom is 0.342 e. The van der Waals surface area contributed by atoms with E-state index in [2.05, 4.69) is 6.92 Å². The predicted octanol–water partition coefficient (Wildman–Crippen LogP) is 2.02. The summed E-state index contributed by atoms with van der Waals surface area (Å²) in [6, 6.07) is 0. The van der Waals surface area contributed by atoms with Crippen molar-refractivity contribution in [1.29, 1.82) is 0 Å². The van der Waals surface area contributed by atoms with Crippen LogP contribution in [0.3, 0.4) is 0 Å². The fourth-order valence-electron chi connectivity index (χ4n) is 1.25. The highest BCUT2D eigenvalue weighted by Crippen LogP contribution is 2.51. The Morgan fingerprint density at radius 2 is 2.18 bits per heavy atom. The van der Waals surface area contributed by atoms with E-state index < -0.39 is 5.97 Å². The third-order valence-electron chi connectivity index (χ3n) is 2.48. The van der Waals surface area contributed by atoms with Crippen LogP contribution in [0, 0.1) is 5.41 Å². The van der Waals surface area contributed by atoms with Crippen molar-refractivity contribution in [2.24, 2.45) is 5.41 Å².